The maximum absolute atomic E-state index is 11.9. The summed E-state index contributed by atoms with van der Waals surface area (Å²) < 4.78 is 0. The number of pyridine rings is 1. The zero-order chi connectivity index (χ0) is 12.7. The number of nitrogen functional groups attached to an aromatic ring is 1. The molecule has 0 radical (unpaired) electrons. The maximum atomic E-state index is 11.9. The van der Waals surface area contributed by atoms with Gasteiger partial charge < -0.3 is 10.7 Å². The first kappa shape index (κ1) is 13.8. The molecule has 1 heterocycles. The number of nitrogens with one attached hydrogen (secondary N) is 2. The minimum Gasteiger partial charge on any atom is -0.347 e. The van der Waals surface area contributed by atoms with E-state index in [1.807, 2.05) is 13.2 Å². The summed E-state index contributed by atoms with van der Waals surface area (Å²) in [4.78, 5) is 16.0. The molecule has 0 aliphatic carbocycles. The number of amides is 1. The number of aromatic nitrogens is 1. The van der Waals surface area contributed by atoms with Crippen molar-refractivity contribution in [3.8, 4) is 0 Å². The highest BCUT2D eigenvalue weighted by atomic mass is 32.2. The molecule has 1 amide bonds. The lowest BCUT2D eigenvalue weighted by molar-refractivity contribution is 0.0935. The SMILES string of the molecule is CCC(CSC)NC(=O)c1cccc(NN)n1. The van der Waals surface area contributed by atoms with Crippen LogP contribution in [0.25, 0.3) is 0 Å². The highest BCUT2D eigenvalue weighted by Gasteiger charge is 2.12. The molecule has 1 rings (SSSR count). The summed E-state index contributed by atoms with van der Waals surface area (Å²) in [5, 5.41) is 2.94. The molecular formula is C11H18N4OS. The Morgan fingerprint density at radius 2 is 2.35 bits per heavy atom. The number of anilines is 1. The molecule has 1 atom stereocenters. The van der Waals surface area contributed by atoms with Gasteiger partial charge in [0.05, 0.1) is 0 Å². The molecule has 5 nitrogen and oxygen atoms in total. The summed E-state index contributed by atoms with van der Waals surface area (Å²) in [6, 6.07) is 5.29. The van der Waals surface area contributed by atoms with Crippen molar-refractivity contribution in [2.24, 2.45) is 5.84 Å². The standard InChI is InChI=1S/C11H18N4OS/c1-3-8(7-17-2)13-11(16)9-5-4-6-10(14-9)15-12/h4-6,8H,3,7,12H2,1-2H3,(H,13,16)(H,14,15). The van der Waals surface area contributed by atoms with Gasteiger partial charge >= 0.3 is 0 Å². The molecule has 1 aromatic heterocycles. The molecule has 0 saturated heterocycles. The Kier molecular flexibility index (Phi) is 5.79. The topological polar surface area (TPSA) is 80.0 Å². The van der Waals surface area contributed by atoms with E-state index in [1.54, 1.807) is 30.0 Å². The summed E-state index contributed by atoms with van der Waals surface area (Å²) in [6.07, 6.45) is 2.92. The molecule has 6 heteroatoms. The van der Waals surface area contributed by atoms with E-state index in [2.05, 4.69) is 15.7 Å². The molecule has 0 aromatic carbocycles. The van der Waals surface area contributed by atoms with Gasteiger partial charge in [-0.2, -0.15) is 11.8 Å². The number of hydrogen-bond acceptors (Lipinski definition) is 5. The van der Waals surface area contributed by atoms with Gasteiger partial charge in [-0.15, -0.1) is 0 Å². The summed E-state index contributed by atoms with van der Waals surface area (Å²) >= 11 is 1.71. The van der Waals surface area contributed by atoms with Crippen LogP contribution in [0.1, 0.15) is 23.8 Å². The van der Waals surface area contributed by atoms with E-state index in [0.29, 0.717) is 11.5 Å². The van der Waals surface area contributed by atoms with Gasteiger partial charge in [0, 0.05) is 11.8 Å². The predicted molar refractivity (Wildman–Crippen MR) is 72.0 cm³/mol. The minimum absolute atomic E-state index is 0.164. The first-order valence-electron chi connectivity index (χ1n) is 5.44. The molecule has 0 bridgehead atoms. The number of rotatable bonds is 6. The zero-order valence-electron chi connectivity index (χ0n) is 10.1. The fourth-order valence-corrected chi connectivity index (χ4v) is 2.09. The van der Waals surface area contributed by atoms with Crippen molar-refractivity contribution in [3.05, 3.63) is 23.9 Å². The van der Waals surface area contributed by atoms with E-state index in [-0.39, 0.29) is 11.9 Å². The number of carbonyl (C=O) groups is 1. The first-order valence-corrected chi connectivity index (χ1v) is 6.84. The van der Waals surface area contributed by atoms with Crippen LogP contribution in [0.4, 0.5) is 5.82 Å². The Hall–Kier alpha value is -1.27. The number of nitrogens with two attached hydrogens (primary N) is 1. The number of hydrogen-bond donors (Lipinski definition) is 3. The zero-order valence-corrected chi connectivity index (χ0v) is 10.9. The fraction of sp³-hybridized carbons (Fsp3) is 0.455. The van der Waals surface area contributed by atoms with E-state index in [0.717, 1.165) is 12.2 Å². The molecule has 4 N–H and O–H groups in total. The van der Waals surface area contributed by atoms with Crippen molar-refractivity contribution >= 4 is 23.5 Å². The predicted octanol–water partition coefficient (Wildman–Crippen LogP) is 1.24. The van der Waals surface area contributed by atoms with Gasteiger partial charge in [-0.05, 0) is 24.8 Å². The van der Waals surface area contributed by atoms with Gasteiger partial charge in [-0.1, -0.05) is 13.0 Å². The summed E-state index contributed by atoms with van der Waals surface area (Å²) in [6.45, 7) is 2.05. The van der Waals surface area contributed by atoms with E-state index in [1.165, 1.54) is 0 Å². The maximum Gasteiger partial charge on any atom is 0.270 e. The van der Waals surface area contributed by atoms with Crippen molar-refractivity contribution < 1.29 is 4.79 Å². The lowest BCUT2D eigenvalue weighted by Gasteiger charge is -2.15. The Morgan fingerprint density at radius 1 is 1.59 bits per heavy atom. The van der Waals surface area contributed by atoms with Gasteiger partial charge in [0.2, 0.25) is 0 Å². The van der Waals surface area contributed by atoms with E-state index < -0.39 is 0 Å². The first-order chi connectivity index (χ1) is 8.21. The Morgan fingerprint density at radius 3 is 2.94 bits per heavy atom. The summed E-state index contributed by atoms with van der Waals surface area (Å²) in [5.74, 6) is 6.46. The highest BCUT2D eigenvalue weighted by Crippen LogP contribution is 2.05. The van der Waals surface area contributed by atoms with Crippen LogP contribution in [0.2, 0.25) is 0 Å². The third-order valence-corrected chi connectivity index (χ3v) is 3.06. The van der Waals surface area contributed by atoms with E-state index in [4.69, 9.17) is 5.84 Å². The quantitative estimate of drug-likeness (QED) is 0.526. The Labute approximate surface area is 106 Å². The molecular weight excluding hydrogens is 236 g/mol. The molecule has 0 aliphatic rings. The van der Waals surface area contributed by atoms with Crippen LogP contribution in [0.15, 0.2) is 18.2 Å². The van der Waals surface area contributed by atoms with Crippen LogP contribution >= 0.6 is 11.8 Å². The monoisotopic (exact) mass is 254 g/mol. The highest BCUT2D eigenvalue weighted by molar-refractivity contribution is 7.98. The number of thioether (sulfide) groups is 1. The third-order valence-electron chi connectivity index (χ3n) is 2.33. The van der Waals surface area contributed by atoms with Crippen LogP contribution < -0.4 is 16.6 Å². The lowest BCUT2D eigenvalue weighted by Crippen LogP contribution is -2.36. The summed E-state index contributed by atoms with van der Waals surface area (Å²) in [5.41, 5.74) is 2.79. The van der Waals surface area contributed by atoms with Crippen LogP contribution in [-0.2, 0) is 0 Å². The van der Waals surface area contributed by atoms with Crippen LogP contribution in [-0.4, -0.2) is 28.9 Å². The third kappa shape index (κ3) is 4.24. The molecule has 94 valence electrons. The van der Waals surface area contributed by atoms with E-state index >= 15 is 0 Å². The second-order valence-corrected chi connectivity index (χ2v) is 4.50. The van der Waals surface area contributed by atoms with Crippen molar-refractivity contribution in [1.29, 1.82) is 0 Å². The smallest absolute Gasteiger partial charge is 0.270 e. The van der Waals surface area contributed by atoms with Crippen LogP contribution in [0, 0.1) is 0 Å². The van der Waals surface area contributed by atoms with Gasteiger partial charge in [0.15, 0.2) is 0 Å². The molecule has 1 unspecified atom stereocenters. The number of nitrogens with zero attached hydrogens (tertiary/aromatic N) is 1. The molecule has 0 fully saturated rings. The number of carbonyl (C=O) groups excluding carboxylic acids is 1. The number of hydrazine groups is 1. The Balaban J connectivity index is 2.68. The van der Waals surface area contributed by atoms with Crippen molar-refractivity contribution in [2.75, 3.05) is 17.4 Å². The molecule has 0 saturated carbocycles. The summed E-state index contributed by atoms with van der Waals surface area (Å²) in [7, 11) is 0. The Bertz CT molecular complexity index is 372. The largest absolute Gasteiger partial charge is 0.347 e. The van der Waals surface area contributed by atoms with Gasteiger partial charge in [-0.25, -0.2) is 10.8 Å². The second-order valence-electron chi connectivity index (χ2n) is 3.59. The van der Waals surface area contributed by atoms with Gasteiger partial charge in [0.25, 0.3) is 5.91 Å². The lowest BCUT2D eigenvalue weighted by atomic mass is 10.2. The molecule has 0 aliphatic heterocycles. The van der Waals surface area contributed by atoms with Crippen molar-refractivity contribution in [1.82, 2.24) is 10.3 Å². The molecule has 17 heavy (non-hydrogen) atoms. The van der Waals surface area contributed by atoms with Crippen molar-refractivity contribution in [3.63, 3.8) is 0 Å². The van der Waals surface area contributed by atoms with Gasteiger partial charge in [-0.3, -0.25) is 4.79 Å². The van der Waals surface area contributed by atoms with Gasteiger partial charge in [0.1, 0.15) is 11.5 Å². The average molecular weight is 254 g/mol. The van der Waals surface area contributed by atoms with Crippen molar-refractivity contribution in [2.45, 2.75) is 19.4 Å². The van der Waals surface area contributed by atoms with Crippen LogP contribution in [0.3, 0.4) is 0 Å². The fourth-order valence-electron chi connectivity index (χ4n) is 1.36. The van der Waals surface area contributed by atoms with E-state index in [9.17, 15) is 4.79 Å². The normalized spacial score (nSPS) is 11.9. The van der Waals surface area contributed by atoms with Crippen LogP contribution in [0.5, 0.6) is 0 Å². The molecule has 1 aromatic rings. The second kappa shape index (κ2) is 7.13. The molecule has 0 spiro atoms. The minimum atomic E-state index is -0.164. The average Bonchev–Trinajstić information content (AvgIpc) is 2.38.